The molecule has 0 N–H and O–H groups in total. The summed E-state index contributed by atoms with van der Waals surface area (Å²) >= 11 is 0. The summed E-state index contributed by atoms with van der Waals surface area (Å²) in [5.41, 5.74) is 24.9. The second-order valence-electron chi connectivity index (χ2n) is 24.1. The van der Waals surface area contributed by atoms with Crippen molar-refractivity contribution in [2.75, 3.05) is 0 Å². The predicted octanol–water partition coefficient (Wildman–Crippen LogP) is 23.6. The van der Waals surface area contributed by atoms with E-state index in [0.717, 1.165) is 113 Å². The number of benzene rings is 9. The van der Waals surface area contributed by atoms with Gasteiger partial charge in [-0.2, -0.15) is 0 Å². The fraction of sp³-hybridized carbons (Fsp3) is 0.0968. The van der Waals surface area contributed by atoms with E-state index >= 15 is 0 Å². The zero-order valence-electron chi connectivity index (χ0n) is 59.0. The molecule has 6 nitrogen and oxygen atoms in total. The average Bonchev–Trinajstić information content (AvgIpc) is 0.825. The van der Waals surface area contributed by atoms with E-state index in [4.69, 9.17) is 0 Å². The molecule has 105 heavy (non-hydrogen) atoms. The van der Waals surface area contributed by atoms with Gasteiger partial charge in [0, 0.05) is 114 Å². The van der Waals surface area contributed by atoms with Gasteiger partial charge >= 0.3 is 0 Å². The second kappa shape index (κ2) is 42.4. The number of hydrogen-bond acceptors (Lipinski definition) is 6. The van der Waals surface area contributed by atoms with E-state index in [-0.39, 0.29) is 77.8 Å². The van der Waals surface area contributed by atoms with Crippen molar-refractivity contribution in [1.29, 1.82) is 0 Å². The summed E-state index contributed by atoms with van der Waals surface area (Å²) in [5, 5.41) is 0. The molecule has 0 unspecified atom stereocenters. The van der Waals surface area contributed by atoms with Gasteiger partial charge in [0.1, 0.15) is 17.5 Å². The Bertz CT molecular complexity index is 4800. The molecule has 3 radical (unpaired) electrons. The standard InChI is InChI=1S/C20H17FN.C19H15FN.C18H13FN.3C12H10N.3Ir/c1-14(2)18-12-20(16-6-4-3-5-7-16)22-13-19(18)15-8-10-17(21)11-9-15;1-2-14-12-19(16-6-4-3-5-7-16)21-13-18(14)15-8-10-17(20)11-9-15;1-13-11-18(15-5-3-2-4-6-15)20-12-17(13)14-7-9-16(19)10-8-14;3*1-10-7-8-12(13-9-10)11-5-3-2-4-6-11;;;/h3-6,8-14H,1-2H3;3-6,8-13H,2H2,1H3;2-5,7-12H,1H3;3*2-5,7-9H,1H3;;;/q6*-1;;;. The van der Waals surface area contributed by atoms with Crippen LogP contribution in [-0.4, -0.2) is 29.9 Å². The van der Waals surface area contributed by atoms with Crippen LogP contribution in [0.15, 0.2) is 310 Å². The molecule has 0 saturated heterocycles. The third-order valence-electron chi connectivity index (χ3n) is 16.1. The maximum atomic E-state index is 13.1. The van der Waals surface area contributed by atoms with Crippen LogP contribution < -0.4 is 0 Å². The second-order valence-corrected chi connectivity index (χ2v) is 24.1. The first kappa shape index (κ1) is 81.9. The average molecular weight is 1910 g/mol. The van der Waals surface area contributed by atoms with Gasteiger partial charge in [0.15, 0.2) is 0 Å². The van der Waals surface area contributed by atoms with Crippen molar-refractivity contribution >= 4 is 0 Å². The minimum Gasteiger partial charge on any atom is -0.304 e. The third kappa shape index (κ3) is 24.6. The van der Waals surface area contributed by atoms with Gasteiger partial charge in [0.2, 0.25) is 0 Å². The van der Waals surface area contributed by atoms with Crippen molar-refractivity contribution in [3.63, 3.8) is 0 Å². The molecular weight excluding hydrogens is 1830 g/mol. The Balaban J connectivity index is 0.000000177. The monoisotopic (exact) mass is 1910 g/mol. The van der Waals surface area contributed by atoms with Gasteiger partial charge in [-0.05, 0) is 161 Å². The summed E-state index contributed by atoms with van der Waals surface area (Å²) in [6, 6.07) is 104. The van der Waals surface area contributed by atoms with E-state index in [9.17, 15) is 13.2 Å². The summed E-state index contributed by atoms with van der Waals surface area (Å²) in [5.74, 6) is -0.320. The van der Waals surface area contributed by atoms with E-state index in [1.807, 2.05) is 235 Å². The largest absolute Gasteiger partial charge is 0.304 e. The first-order valence-electron chi connectivity index (χ1n) is 33.6. The molecule has 15 aromatic rings. The summed E-state index contributed by atoms with van der Waals surface area (Å²) < 4.78 is 39.1. The van der Waals surface area contributed by atoms with E-state index in [1.54, 1.807) is 36.4 Å². The number of rotatable bonds is 11. The molecule has 12 heteroatoms. The zero-order chi connectivity index (χ0) is 71.4. The van der Waals surface area contributed by atoms with Gasteiger partial charge in [-0.3, -0.25) is 0 Å². The van der Waals surface area contributed by atoms with Gasteiger partial charge in [0.25, 0.3) is 0 Å². The Morgan fingerprint density at radius 2 is 0.571 bits per heavy atom. The SMILES string of the molecule is CC(C)c1cc(-c2[c-]cccc2)ncc1-c1ccc(F)cc1.CCc1cc(-c2[c-]cccc2)ncc1-c1ccc(F)cc1.Cc1cc(-c2[c-]cccc2)ncc1-c1ccc(F)cc1.Cc1ccc(-c2[c-]cccc2)nc1.Cc1ccc(-c2[c-]cccc2)nc1.Cc1ccc(-c2[c-]cccc2)nc1.[Ir].[Ir].[Ir]. The number of halogens is 3. The molecule has 6 aromatic heterocycles. The number of aromatic nitrogens is 6. The van der Waals surface area contributed by atoms with Crippen molar-refractivity contribution in [3.05, 3.63) is 397 Å². The first-order chi connectivity index (χ1) is 49.7. The predicted molar refractivity (Wildman–Crippen MR) is 410 cm³/mol. The number of pyridine rings is 6. The molecule has 0 saturated carbocycles. The van der Waals surface area contributed by atoms with Crippen LogP contribution in [0, 0.1) is 81.5 Å². The van der Waals surface area contributed by atoms with Crippen molar-refractivity contribution in [1.82, 2.24) is 29.9 Å². The molecule has 6 heterocycles. The number of aryl methyl sites for hydroxylation is 5. The number of hydrogen-bond donors (Lipinski definition) is 0. The Hall–Kier alpha value is -10.4. The minimum atomic E-state index is -0.227. The number of nitrogens with zero attached hydrogens (tertiary/aromatic N) is 6. The smallest absolute Gasteiger partial charge is 0.123 e. The van der Waals surface area contributed by atoms with Gasteiger partial charge < -0.3 is 29.9 Å². The molecule has 0 fully saturated rings. The van der Waals surface area contributed by atoms with Crippen LogP contribution in [0.5, 0.6) is 0 Å². The van der Waals surface area contributed by atoms with Crippen LogP contribution in [0.1, 0.15) is 60.1 Å². The van der Waals surface area contributed by atoms with Gasteiger partial charge in [-0.15, -0.1) is 215 Å². The van der Waals surface area contributed by atoms with Gasteiger partial charge in [0.05, 0.1) is 0 Å². The maximum Gasteiger partial charge on any atom is 0.123 e. The quantitative estimate of drug-likeness (QED) is 0.120. The van der Waals surface area contributed by atoms with Crippen LogP contribution in [0.4, 0.5) is 13.2 Å². The van der Waals surface area contributed by atoms with Crippen LogP contribution in [0.2, 0.25) is 0 Å². The molecule has 0 aliphatic heterocycles. The fourth-order valence-corrected chi connectivity index (χ4v) is 10.6. The minimum absolute atomic E-state index is 0. The van der Waals surface area contributed by atoms with E-state index in [1.165, 1.54) is 64.2 Å². The molecule has 0 amide bonds. The molecular formula is C93H75F3Ir3N6-6. The first-order valence-corrected chi connectivity index (χ1v) is 33.6. The molecule has 531 valence electrons. The van der Waals surface area contributed by atoms with Crippen molar-refractivity contribution in [3.8, 4) is 101 Å². The molecule has 0 aliphatic carbocycles. The van der Waals surface area contributed by atoms with E-state index in [0.29, 0.717) is 5.92 Å². The zero-order valence-corrected chi connectivity index (χ0v) is 66.2. The molecule has 0 spiro atoms. The summed E-state index contributed by atoms with van der Waals surface area (Å²) in [7, 11) is 0. The van der Waals surface area contributed by atoms with E-state index < -0.39 is 0 Å². The summed E-state index contributed by atoms with van der Waals surface area (Å²) in [6.45, 7) is 14.6. The molecule has 0 atom stereocenters. The molecule has 15 rings (SSSR count). The van der Waals surface area contributed by atoms with Gasteiger partial charge in [-0.25, -0.2) is 13.2 Å². The molecule has 9 aromatic carbocycles. The van der Waals surface area contributed by atoms with E-state index in [2.05, 4.69) is 117 Å². The van der Waals surface area contributed by atoms with Crippen LogP contribution >= 0.6 is 0 Å². The Morgan fingerprint density at radius 1 is 0.295 bits per heavy atom. The topological polar surface area (TPSA) is 77.3 Å². The Labute approximate surface area is 657 Å². The summed E-state index contributed by atoms with van der Waals surface area (Å²) in [4.78, 5) is 26.5. The van der Waals surface area contributed by atoms with Gasteiger partial charge in [-0.1, -0.05) is 112 Å². The van der Waals surface area contributed by atoms with Crippen molar-refractivity contribution in [2.45, 2.75) is 60.8 Å². The normalized spacial score (nSPS) is 10.1. The maximum absolute atomic E-state index is 13.1. The van der Waals surface area contributed by atoms with Crippen LogP contribution in [0.25, 0.3) is 101 Å². The third-order valence-corrected chi connectivity index (χ3v) is 16.1. The molecule has 0 bridgehead atoms. The Morgan fingerprint density at radius 3 is 0.857 bits per heavy atom. The summed E-state index contributed by atoms with van der Waals surface area (Å²) in [6.07, 6.45) is 12.1. The van der Waals surface area contributed by atoms with Crippen molar-refractivity contribution < 1.29 is 73.5 Å². The van der Waals surface area contributed by atoms with Crippen LogP contribution in [-0.2, 0) is 66.7 Å². The fourth-order valence-electron chi connectivity index (χ4n) is 10.6. The van der Waals surface area contributed by atoms with Crippen LogP contribution in [0.3, 0.4) is 0 Å². The molecule has 0 aliphatic rings. The van der Waals surface area contributed by atoms with Crippen molar-refractivity contribution in [2.24, 2.45) is 0 Å². The Kier molecular flexibility index (Phi) is 33.1.